The van der Waals surface area contributed by atoms with Gasteiger partial charge < -0.3 is 15.2 Å². The quantitative estimate of drug-likeness (QED) is 0.815. The van der Waals surface area contributed by atoms with Gasteiger partial charge in [-0.2, -0.15) is 0 Å². The molecule has 108 valence electrons. The number of carboxylic acids is 1. The number of carbonyl (C=O) groups excluding carboxylic acids is 1. The first-order valence-electron chi connectivity index (χ1n) is 7.14. The minimum absolute atomic E-state index is 0.111. The first-order chi connectivity index (χ1) is 9.02. The summed E-state index contributed by atoms with van der Waals surface area (Å²) in [6.45, 7) is 3.23. The van der Waals surface area contributed by atoms with Crippen LogP contribution in [-0.2, 0) is 14.3 Å². The number of hydrogen-bond acceptors (Lipinski definition) is 3. The summed E-state index contributed by atoms with van der Waals surface area (Å²) < 4.78 is 5.42. The lowest BCUT2D eigenvalue weighted by Gasteiger charge is -2.37. The van der Waals surface area contributed by atoms with Gasteiger partial charge in [0.25, 0.3) is 0 Å². The van der Waals surface area contributed by atoms with Crippen molar-refractivity contribution in [3.63, 3.8) is 0 Å². The second-order valence-corrected chi connectivity index (χ2v) is 6.04. The van der Waals surface area contributed by atoms with Gasteiger partial charge >= 0.3 is 5.97 Å². The van der Waals surface area contributed by atoms with E-state index in [0.29, 0.717) is 19.4 Å². The van der Waals surface area contributed by atoms with Gasteiger partial charge in [-0.15, -0.1) is 0 Å². The first-order valence-corrected chi connectivity index (χ1v) is 7.14. The number of carbonyl (C=O) groups is 2. The molecule has 0 aromatic heterocycles. The van der Waals surface area contributed by atoms with Gasteiger partial charge in [0.2, 0.25) is 5.91 Å². The van der Waals surface area contributed by atoms with Gasteiger partial charge in [-0.1, -0.05) is 12.8 Å². The van der Waals surface area contributed by atoms with E-state index < -0.39 is 11.9 Å². The van der Waals surface area contributed by atoms with E-state index in [2.05, 4.69) is 5.32 Å². The van der Waals surface area contributed by atoms with Gasteiger partial charge in [0.1, 0.15) is 0 Å². The van der Waals surface area contributed by atoms with Crippen LogP contribution in [0.3, 0.4) is 0 Å². The molecule has 1 amide bonds. The molecule has 1 aliphatic heterocycles. The summed E-state index contributed by atoms with van der Waals surface area (Å²) in [4.78, 5) is 23.6. The normalized spacial score (nSPS) is 35.6. The van der Waals surface area contributed by atoms with Gasteiger partial charge in [0.15, 0.2) is 0 Å². The number of carboxylic acid groups (broad SMARTS) is 1. The van der Waals surface area contributed by atoms with Crippen LogP contribution in [0.4, 0.5) is 0 Å². The highest BCUT2D eigenvalue weighted by molar-refractivity contribution is 5.85. The molecule has 2 fully saturated rings. The van der Waals surface area contributed by atoms with Crippen LogP contribution < -0.4 is 5.32 Å². The largest absolute Gasteiger partial charge is 0.481 e. The summed E-state index contributed by atoms with van der Waals surface area (Å²) in [6.07, 6.45) is 4.96. The maximum atomic E-state index is 12.4. The third kappa shape index (κ3) is 3.47. The summed E-state index contributed by atoms with van der Waals surface area (Å²) in [6, 6.07) is 0. The zero-order chi connectivity index (χ0) is 13.9. The Morgan fingerprint density at radius 3 is 2.47 bits per heavy atom. The molecule has 2 aliphatic rings. The zero-order valence-corrected chi connectivity index (χ0v) is 11.5. The van der Waals surface area contributed by atoms with Crippen LogP contribution in [0, 0.1) is 11.8 Å². The van der Waals surface area contributed by atoms with E-state index in [4.69, 9.17) is 4.74 Å². The Bertz CT molecular complexity index is 349. The van der Waals surface area contributed by atoms with Crippen molar-refractivity contribution < 1.29 is 19.4 Å². The summed E-state index contributed by atoms with van der Waals surface area (Å²) in [7, 11) is 0. The molecule has 5 heteroatoms. The van der Waals surface area contributed by atoms with Gasteiger partial charge in [-0.25, -0.2) is 0 Å². The predicted molar refractivity (Wildman–Crippen MR) is 69.7 cm³/mol. The average molecular weight is 269 g/mol. The number of hydrogen-bond donors (Lipinski definition) is 2. The monoisotopic (exact) mass is 269 g/mol. The molecule has 2 rings (SSSR count). The maximum Gasteiger partial charge on any atom is 0.307 e. The lowest BCUT2D eigenvalue weighted by Crippen LogP contribution is -2.54. The van der Waals surface area contributed by atoms with Crippen LogP contribution in [0.1, 0.15) is 45.4 Å². The molecule has 0 aromatic carbocycles. The highest BCUT2D eigenvalue weighted by Gasteiger charge is 2.38. The number of rotatable bonds is 3. The second-order valence-electron chi connectivity index (χ2n) is 6.04. The van der Waals surface area contributed by atoms with E-state index in [9.17, 15) is 14.7 Å². The van der Waals surface area contributed by atoms with Gasteiger partial charge in [-0.05, 0) is 32.6 Å². The third-order valence-corrected chi connectivity index (χ3v) is 4.28. The Hall–Kier alpha value is -1.10. The second kappa shape index (κ2) is 5.90. The molecule has 0 spiro atoms. The highest BCUT2D eigenvalue weighted by atomic mass is 16.5. The molecule has 1 aliphatic carbocycles. The summed E-state index contributed by atoms with van der Waals surface area (Å²) in [5, 5.41) is 12.2. The van der Waals surface area contributed by atoms with Crippen LogP contribution in [0.15, 0.2) is 0 Å². The van der Waals surface area contributed by atoms with Crippen molar-refractivity contribution in [2.24, 2.45) is 11.8 Å². The lowest BCUT2D eigenvalue weighted by atomic mass is 9.78. The minimum Gasteiger partial charge on any atom is -0.481 e. The fraction of sp³-hybridized carbons (Fsp3) is 0.857. The van der Waals surface area contributed by atoms with Crippen molar-refractivity contribution in [3.8, 4) is 0 Å². The topological polar surface area (TPSA) is 75.6 Å². The Balaban J connectivity index is 1.99. The summed E-state index contributed by atoms with van der Waals surface area (Å²) >= 11 is 0. The molecule has 3 atom stereocenters. The Labute approximate surface area is 113 Å². The Morgan fingerprint density at radius 1 is 1.21 bits per heavy atom. The van der Waals surface area contributed by atoms with E-state index in [-0.39, 0.29) is 17.4 Å². The van der Waals surface area contributed by atoms with Crippen molar-refractivity contribution in [1.29, 1.82) is 0 Å². The number of aliphatic carboxylic acids is 1. The molecule has 1 heterocycles. The molecule has 5 nitrogen and oxygen atoms in total. The summed E-state index contributed by atoms with van der Waals surface area (Å²) in [5.41, 5.74) is -0.337. The van der Waals surface area contributed by atoms with E-state index in [0.717, 1.165) is 32.3 Å². The van der Waals surface area contributed by atoms with E-state index in [1.807, 2.05) is 6.92 Å². The van der Waals surface area contributed by atoms with Crippen molar-refractivity contribution in [2.45, 2.75) is 51.0 Å². The molecule has 0 radical (unpaired) electrons. The van der Waals surface area contributed by atoms with Crippen LogP contribution >= 0.6 is 0 Å². The fourth-order valence-electron chi connectivity index (χ4n) is 3.16. The van der Waals surface area contributed by atoms with Crippen molar-refractivity contribution in [3.05, 3.63) is 0 Å². The van der Waals surface area contributed by atoms with Crippen molar-refractivity contribution in [1.82, 2.24) is 5.32 Å². The van der Waals surface area contributed by atoms with E-state index in [1.54, 1.807) is 0 Å². The molecule has 0 aromatic rings. The molecule has 1 saturated carbocycles. The predicted octanol–water partition coefficient (Wildman–Crippen LogP) is 1.56. The SMILES string of the molecule is CC1(NC(=O)[C@@H]2CCCC[C@@H]2C(=O)O)CCCOC1. The smallest absolute Gasteiger partial charge is 0.307 e. The Kier molecular flexibility index (Phi) is 4.45. The number of amides is 1. The van der Waals surface area contributed by atoms with Gasteiger partial charge in [-0.3, -0.25) is 9.59 Å². The number of nitrogens with one attached hydrogen (secondary N) is 1. The lowest BCUT2D eigenvalue weighted by molar-refractivity contribution is -0.149. The minimum atomic E-state index is -0.843. The Morgan fingerprint density at radius 2 is 1.89 bits per heavy atom. The standard InChI is InChI=1S/C14H23NO4/c1-14(7-4-8-19-9-14)15-12(16)10-5-2-3-6-11(10)13(17)18/h10-11H,2-9H2,1H3,(H,15,16)(H,17,18)/t10-,11+,14?/m1/s1. The molecular formula is C14H23NO4. The van der Waals surface area contributed by atoms with Crippen LogP contribution in [0.2, 0.25) is 0 Å². The molecular weight excluding hydrogens is 246 g/mol. The highest BCUT2D eigenvalue weighted by Crippen LogP contribution is 2.31. The molecule has 2 N–H and O–H groups in total. The van der Waals surface area contributed by atoms with Gasteiger partial charge in [0.05, 0.1) is 24.0 Å². The molecule has 1 unspecified atom stereocenters. The van der Waals surface area contributed by atoms with Gasteiger partial charge in [0, 0.05) is 6.61 Å². The van der Waals surface area contributed by atoms with E-state index in [1.165, 1.54) is 0 Å². The van der Waals surface area contributed by atoms with Crippen LogP contribution in [0.5, 0.6) is 0 Å². The molecule has 19 heavy (non-hydrogen) atoms. The first kappa shape index (κ1) is 14.3. The van der Waals surface area contributed by atoms with Crippen molar-refractivity contribution in [2.75, 3.05) is 13.2 Å². The molecule has 0 bridgehead atoms. The summed E-state index contributed by atoms with van der Waals surface area (Å²) in [5.74, 6) is -1.86. The molecule has 1 saturated heterocycles. The maximum absolute atomic E-state index is 12.4. The average Bonchev–Trinajstić information content (AvgIpc) is 2.39. The van der Waals surface area contributed by atoms with Crippen LogP contribution in [-0.4, -0.2) is 35.7 Å². The zero-order valence-electron chi connectivity index (χ0n) is 11.5. The van der Waals surface area contributed by atoms with Crippen molar-refractivity contribution >= 4 is 11.9 Å². The number of ether oxygens (including phenoxy) is 1. The fourth-order valence-corrected chi connectivity index (χ4v) is 3.16. The van der Waals surface area contributed by atoms with E-state index >= 15 is 0 Å². The third-order valence-electron chi connectivity index (χ3n) is 4.28. The van der Waals surface area contributed by atoms with Crippen LogP contribution in [0.25, 0.3) is 0 Å².